The van der Waals surface area contributed by atoms with Crippen molar-refractivity contribution in [1.82, 2.24) is 10.6 Å². The van der Waals surface area contributed by atoms with Crippen molar-refractivity contribution in [3.63, 3.8) is 0 Å². The first-order valence-corrected chi connectivity index (χ1v) is 7.70. The molecule has 0 bridgehead atoms. The van der Waals surface area contributed by atoms with Crippen LogP contribution in [0.25, 0.3) is 11.3 Å². The molecule has 24 heavy (non-hydrogen) atoms. The first-order valence-electron chi connectivity index (χ1n) is 7.70. The Bertz CT molecular complexity index is 717. The molecule has 0 unspecified atom stereocenters. The van der Waals surface area contributed by atoms with Crippen LogP contribution in [0.15, 0.2) is 40.8 Å². The highest BCUT2D eigenvalue weighted by Gasteiger charge is 2.12. The van der Waals surface area contributed by atoms with Gasteiger partial charge in [0, 0.05) is 18.0 Å². The third-order valence-electron chi connectivity index (χ3n) is 3.41. The fourth-order valence-electron chi connectivity index (χ4n) is 2.02. The highest BCUT2D eigenvalue weighted by Crippen LogP contribution is 2.22. The normalized spacial score (nSPS) is 10.5. The topological polar surface area (TPSA) is 88.4 Å². The average molecular weight is 328 g/mol. The van der Waals surface area contributed by atoms with Gasteiger partial charge in [-0.3, -0.25) is 9.59 Å². The number of carbonyl (C=O) groups excluding carboxylic acids is 3. The summed E-state index contributed by atoms with van der Waals surface area (Å²) in [4.78, 5) is 33.5. The maximum absolute atomic E-state index is 11.7. The standard InChI is InChI=1S/C18H20N2O4/c1-12(2)17(22)20-11-13-3-5-14(6-4-13)15-7-8-16(24-15)18(23)19-9-10-21/h3-8,10,12H,9,11H2,1-2H3,(H,19,23)(H,20,22). The van der Waals surface area contributed by atoms with Gasteiger partial charge in [0.15, 0.2) is 5.76 Å². The Balaban J connectivity index is 2.00. The number of nitrogens with one attached hydrogen (secondary N) is 2. The Morgan fingerprint density at radius 1 is 1.08 bits per heavy atom. The molecule has 1 aromatic heterocycles. The molecule has 2 rings (SSSR count). The Kier molecular flexibility index (Phi) is 5.89. The predicted molar refractivity (Wildman–Crippen MR) is 89.2 cm³/mol. The summed E-state index contributed by atoms with van der Waals surface area (Å²) in [7, 11) is 0. The van der Waals surface area contributed by atoms with Crippen LogP contribution in [0.4, 0.5) is 0 Å². The average Bonchev–Trinajstić information content (AvgIpc) is 3.08. The molecule has 0 aliphatic rings. The summed E-state index contributed by atoms with van der Waals surface area (Å²) < 4.78 is 5.50. The molecular formula is C18H20N2O4. The zero-order valence-corrected chi connectivity index (χ0v) is 13.7. The first kappa shape index (κ1) is 17.5. The number of hydrogen-bond acceptors (Lipinski definition) is 4. The molecule has 0 saturated carbocycles. The van der Waals surface area contributed by atoms with Gasteiger partial charge in [0.25, 0.3) is 5.91 Å². The minimum Gasteiger partial charge on any atom is -0.451 e. The minimum atomic E-state index is -0.429. The summed E-state index contributed by atoms with van der Waals surface area (Å²) >= 11 is 0. The van der Waals surface area contributed by atoms with Crippen LogP contribution in [-0.2, 0) is 16.1 Å². The molecule has 0 atom stereocenters. The third kappa shape index (κ3) is 4.55. The van der Waals surface area contributed by atoms with E-state index in [0.29, 0.717) is 18.6 Å². The van der Waals surface area contributed by atoms with E-state index in [0.717, 1.165) is 11.1 Å². The summed E-state index contributed by atoms with van der Waals surface area (Å²) in [6, 6.07) is 10.8. The number of benzene rings is 1. The van der Waals surface area contributed by atoms with Crippen molar-refractivity contribution in [2.24, 2.45) is 5.92 Å². The molecule has 0 spiro atoms. The zero-order chi connectivity index (χ0) is 17.5. The van der Waals surface area contributed by atoms with Crippen molar-refractivity contribution in [2.45, 2.75) is 20.4 Å². The zero-order valence-electron chi connectivity index (χ0n) is 13.7. The number of amides is 2. The molecule has 2 N–H and O–H groups in total. The quantitative estimate of drug-likeness (QED) is 0.762. The maximum atomic E-state index is 11.7. The molecule has 0 aliphatic heterocycles. The molecular weight excluding hydrogens is 308 g/mol. The van der Waals surface area contributed by atoms with Gasteiger partial charge < -0.3 is 19.8 Å². The van der Waals surface area contributed by atoms with Crippen LogP contribution in [0.2, 0.25) is 0 Å². The van der Waals surface area contributed by atoms with E-state index in [2.05, 4.69) is 10.6 Å². The predicted octanol–water partition coefficient (Wildman–Crippen LogP) is 2.15. The van der Waals surface area contributed by atoms with Gasteiger partial charge in [0.05, 0.1) is 6.54 Å². The molecule has 0 radical (unpaired) electrons. The summed E-state index contributed by atoms with van der Waals surface area (Å²) in [6.45, 7) is 4.11. The lowest BCUT2D eigenvalue weighted by atomic mass is 10.1. The molecule has 6 heteroatoms. The van der Waals surface area contributed by atoms with Crippen LogP contribution in [0.3, 0.4) is 0 Å². The van der Waals surface area contributed by atoms with Crippen LogP contribution < -0.4 is 10.6 Å². The lowest BCUT2D eigenvalue weighted by molar-refractivity contribution is -0.124. The van der Waals surface area contributed by atoms with E-state index in [-0.39, 0.29) is 24.1 Å². The van der Waals surface area contributed by atoms with Gasteiger partial charge in [0.2, 0.25) is 5.91 Å². The van der Waals surface area contributed by atoms with Crippen LogP contribution >= 0.6 is 0 Å². The molecule has 2 amide bonds. The van der Waals surface area contributed by atoms with Crippen LogP contribution in [0, 0.1) is 5.92 Å². The lowest BCUT2D eigenvalue weighted by Gasteiger charge is -2.08. The van der Waals surface area contributed by atoms with Crippen molar-refractivity contribution in [1.29, 1.82) is 0 Å². The molecule has 0 aliphatic carbocycles. The van der Waals surface area contributed by atoms with Gasteiger partial charge in [-0.1, -0.05) is 38.1 Å². The maximum Gasteiger partial charge on any atom is 0.287 e. The molecule has 2 aromatic rings. The number of rotatable bonds is 7. The molecule has 0 saturated heterocycles. The fraction of sp³-hybridized carbons (Fsp3) is 0.278. The summed E-state index contributed by atoms with van der Waals surface area (Å²) in [6.07, 6.45) is 0.610. The summed E-state index contributed by atoms with van der Waals surface area (Å²) in [5.41, 5.74) is 1.80. The Labute approximate surface area is 140 Å². The van der Waals surface area contributed by atoms with E-state index in [1.807, 2.05) is 38.1 Å². The van der Waals surface area contributed by atoms with Crippen LogP contribution in [-0.4, -0.2) is 24.6 Å². The minimum absolute atomic E-state index is 0.0103. The van der Waals surface area contributed by atoms with Gasteiger partial charge >= 0.3 is 0 Å². The molecule has 0 fully saturated rings. The molecule has 1 aromatic carbocycles. The van der Waals surface area contributed by atoms with E-state index in [4.69, 9.17) is 4.42 Å². The van der Waals surface area contributed by atoms with E-state index in [1.54, 1.807) is 12.1 Å². The second-order valence-electron chi connectivity index (χ2n) is 5.61. The number of carbonyl (C=O) groups is 3. The van der Waals surface area contributed by atoms with Crippen LogP contribution in [0.1, 0.15) is 30.0 Å². The highest BCUT2D eigenvalue weighted by molar-refractivity contribution is 5.93. The van der Waals surface area contributed by atoms with Crippen LogP contribution in [0.5, 0.6) is 0 Å². The Morgan fingerprint density at radius 2 is 1.79 bits per heavy atom. The van der Waals surface area contributed by atoms with E-state index in [1.165, 1.54) is 0 Å². The van der Waals surface area contributed by atoms with Crippen molar-refractivity contribution in [3.05, 3.63) is 47.7 Å². The van der Waals surface area contributed by atoms with Crippen molar-refractivity contribution < 1.29 is 18.8 Å². The third-order valence-corrected chi connectivity index (χ3v) is 3.41. The van der Waals surface area contributed by atoms with Gasteiger partial charge in [-0.25, -0.2) is 0 Å². The number of hydrogen-bond donors (Lipinski definition) is 2. The second kappa shape index (κ2) is 8.10. The monoisotopic (exact) mass is 328 g/mol. The molecule has 126 valence electrons. The van der Waals surface area contributed by atoms with Gasteiger partial charge in [-0.2, -0.15) is 0 Å². The Hall–Kier alpha value is -2.89. The van der Waals surface area contributed by atoms with Gasteiger partial charge in [0.1, 0.15) is 12.0 Å². The van der Waals surface area contributed by atoms with Gasteiger partial charge in [-0.05, 0) is 17.7 Å². The largest absolute Gasteiger partial charge is 0.451 e. The number of aldehydes is 1. The first-order chi connectivity index (χ1) is 11.5. The van der Waals surface area contributed by atoms with Gasteiger partial charge in [-0.15, -0.1) is 0 Å². The van der Waals surface area contributed by atoms with E-state index < -0.39 is 5.91 Å². The highest BCUT2D eigenvalue weighted by atomic mass is 16.3. The van der Waals surface area contributed by atoms with Crippen molar-refractivity contribution >= 4 is 18.1 Å². The van der Waals surface area contributed by atoms with E-state index >= 15 is 0 Å². The number of furan rings is 1. The van der Waals surface area contributed by atoms with Crippen molar-refractivity contribution in [3.8, 4) is 11.3 Å². The lowest BCUT2D eigenvalue weighted by Crippen LogP contribution is -2.27. The van der Waals surface area contributed by atoms with E-state index in [9.17, 15) is 14.4 Å². The second-order valence-corrected chi connectivity index (χ2v) is 5.61. The Morgan fingerprint density at radius 3 is 2.42 bits per heavy atom. The fourth-order valence-corrected chi connectivity index (χ4v) is 2.02. The van der Waals surface area contributed by atoms with Crippen molar-refractivity contribution in [2.75, 3.05) is 6.54 Å². The molecule has 6 nitrogen and oxygen atoms in total. The smallest absolute Gasteiger partial charge is 0.287 e. The summed E-state index contributed by atoms with van der Waals surface area (Å²) in [5, 5.41) is 5.27. The summed E-state index contributed by atoms with van der Waals surface area (Å²) in [5.74, 6) is 0.248. The molecule has 1 heterocycles. The SMILES string of the molecule is CC(C)C(=O)NCc1ccc(-c2ccc(C(=O)NCC=O)o2)cc1.